The number of hydrogen-bond donors (Lipinski definition) is 0. The second-order valence-corrected chi connectivity index (χ2v) is 7.47. The zero-order valence-electron chi connectivity index (χ0n) is 9.92. The first-order chi connectivity index (χ1) is 8.93. The van der Waals surface area contributed by atoms with Gasteiger partial charge in [0.05, 0.1) is 11.9 Å². The van der Waals surface area contributed by atoms with E-state index in [1.54, 1.807) is 36.5 Å². The Labute approximate surface area is 128 Å². The number of pyridine rings is 1. The third kappa shape index (κ3) is 2.98. The lowest BCUT2D eigenvalue weighted by atomic mass is 10.4. The molecule has 0 aliphatic heterocycles. The van der Waals surface area contributed by atoms with Crippen molar-refractivity contribution in [1.29, 1.82) is 0 Å². The van der Waals surface area contributed by atoms with E-state index in [2.05, 4.69) is 36.8 Å². The highest BCUT2D eigenvalue weighted by atomic mass is 79.9. The molecule has 0 bridgehead atoms. The summed E-state index contributed by atoms with van der Waals surface area (Å²) in [5.74, 6) is 0. The molecule has 0 unspecified atom stereocenters. The summed E-state index contributed by atoms with van der Waals surface area (Å²) in [5, 5.41) is 0. The number of hydrogen-bond acceptors (Lipinski definition) is 3. The predicted octanol–water partition coefficient (Wildman–Crippen LogP) is 3.43. The van der Waals surface area contributed by atoms with Crippen molar-refractivity contribution in [2.75, 3.05) is 11.4 Å². The molecule has 0 aliphatic rings. The molecule has 0 aliphatic carbocycles. The molecule has 0 atom stereocenters. The fraction of sp³-hybridized carbons (Fsp3) is 0.0833. The number of rotatable bonds is 3. The van der Waals surface area contributed by atoms with Gasteiger partial charge in [0.1, 0.15) is 4.90 Å². The summed E-state index contributed by atoms with van der Waals surface area (Å²) in [7, 11) is -2.13. The first-order valence-electron chi connectivity index (χ1n) is 5.27. The number of aromatic nitrogens is 1. The molecular formula is C12H10Br2N2O2S. The normalized spacial score (nSPS) is 11.3. The predicted molar refractivity (Wildman–Crippen MR) is 81.7 cm³/mol. The number of halogens is 2. The van der Waals surface area contributed by atoms with Crippen LogP contribution in [0.2, 0.25) is 0 Å². The van der Waals surface area contributed by atoms with Gasteiger partial charge in [-0.3, -0.25) is 9.29 Å². The maximum Gasteiger partial charge on any atom is 0.265 e. The molecule has 0 radical (unpaired) electrons. The molecule has 0 saturated heterocycles. The summed E-state index contributed by atoms with van der Waals surface area (Å²) in [6.07, 6.45) is 3.10. The van der Waals surface area contributed by atoms with E-state index in [1.165, 1.54) is 17.5 Å². The largest absolute Gasteiger partial charge is 0.268 e. The molecule has 0 N–H and O–H groups in total. The average molecular weight is 406 g/mol. The third-order valence-corrected chi connectivity index (χ3v) is 5.81. The molecule has 0 spiro atoms. The number of nitrogens with zero attached hydrogens (tertiary/aromatic N) is 2. The van der Waals surface area contributed by atoms with Crippen LogP contribution in [0.15, 0.2) is 56.6 Å². The highest BCUT2D eigenvalue weighted by Crippen LogP contribution is 2.29. The Kier molecular flexibility index (Phi) is 4.27. The summed E-state index contributed by atoms with van der Waals surface area (Å²) in [4.78, 5) is 4.13. The first kappa shape index (κ1) is 14.5. The van der Waals surface area contributed by atoms with Crippen LogP contribution < -0.4 is 4.31 Å². The van der Waals surface area contributed by atoms with Crippen molar-refractivity contribution in [1.82, 2.24) is 4.98 Å². The van der Waals surface area contributed by atoms with Gasteiger partial charge < -0.3 is 0 Å². The van der Waals surface area contributed by atoms with Crippen LogP contribution in [0, 0.1) is 0 Å². The van der Waals surface area contributed by atoms with Crippen LogP contribution in [0.25, 0.3) is 0 Å². The van der Waals surface area contributed by atoms with Gasteiger partial charge >= 0.3 is 0 Å². The number of sulfonamides is 1. The second kappa shape index (κ2) is 5.60. The van der Waals surface area contributed by atoms with Crippen LogP contribution in [-0.4, -0.2) is 20.4 Å². The summed E-state index contributed by atoms with van der Waals surface area (Å²) in [6.45, 7) is 0. The summed E-state index contributed by atoms with van der Waals surface area (Å²) in [6, 6.07) is 8.40. The molecule has 19 heavy (non-hydrogen) atoms. The van der Waals surface area contributed by atoms with Gasteiger partial charge in [-0.15, -0.1) is 0 Å². The minimum atomic E-state index is -3.63. The van der Waals surface area contributed by atoms with Crippen LogP contribution in [0.3, 0.4) is 0 Å². The van der Waals surface area contributed by atoms with E-state index in [4.69, 9.17) is 0 Å². The van der Waals surface area contributed by atoms with Crippen LogP contribution >= 0.6 is 31.9 Å². The van der Waals surface area contributed by atoms with E-state index in [9.17, 15) is 8.42 Å². The smallest absolute Gasteiger partial charge is 0.265 e. The monoisotopic (exact) mass is 404 g/mol. The van der Waals surface area contributed by atoms with E-state index in [-0.39, 0.29) is 4.90 Å². The van der Waals surface area contributed by atoms with Gasteiger partial charge in [-0.25, -0.2) is 8.42 Å². The molecule has 100 valence electrons. The zero-order valence-corrected chi connectivity index (χ0v) is 13.9. The average Bonchev–Trinajstić information content (AvgIpc) is 2.41. The second-order valence-electron chi connectivity index (χ2n) is 3.76. The standard InChI is InChI=1S/C12H10Br2N2O2S/c1-16(10-3-2-6-15-8-10)19(17,18)12-7-9(13)4-5-11(12)14/h2-8H,1H3. The van der Waals surface area contributed by atoms with Gasteiger partial charge in [-0.2, -0.15) is 0 Å². The number of anilines is 1. The minimum absolute atomic E-state index is 0.202. The molecule has 7 heteroatoms. The van der Waals surface area contributed by atoms with Crippen molar-refractivity contribution >= 4 is 47.6 Å². The van der Waals surface area contributed by atoms with Gasteiger partial charge in [0.25, 0.3) is 10.0 Å². The van der Waals surface area contributed by atoms with Crippen LogP contribution in [0.1, 0.15) is 0 Å². The Bertz CT molecular complexity index is 690. The van der Waals surface area contributed by atoms with Crippen LogP contribution in [-0.2, 0) is 10.0 Å². The molecule has 0 saturated carbocycles. The summed E-state index contributed by atoms with van der Waals surface area (Å²) >= 11 is 6.54. The Balaban J connectivity index is 2.51. The van der Waals surface area contributed by atoms with Crippen molar-refractivity contribution in [2.45, 2.75) is 4.90 Å². The first-order valence-corrected chi connectivity index (χ1v) is 8.29. The Hall–Kier alpha value is -0.920. The van der Waals surface area contributed by atoms with E-state index in [1.807, 2.05) is 0 Å². The molecule has 2 aromatic rings. The van der Waals surface area contributed by atoms with Crippen molar-refractivity contribution in [2.24, 2.45) is 0 Å². The highest BCUT2D eigenvalue weighted by Gasteiger charge is 2.24. The Morgan fingerprint density at radius 3 is 2.58 bits per heavy atom. The zero-order chi connectivity index (χ0) is 14.0. The van der Waals surface area contributed by atoms with Crippen molar-refractivity contribution < 1.29 is 8.42 Å². The van der Waals surface area contributed by atoms with Gasteiger partial charge in [-0.1, -0.05) is 15.9 Å². The summed E-state index contributed by atoms with van der Waals surface area (Å²) < 4.78 is 27.5. The Morgan fingerprint density at radius 2 is 1.95 bits per heavy atom. The molecule has 0 fully saturated rings. The lowest BCUT2D eigenvalue weighted by Crippen LogP contribution is -2.26. The van der Waals surface area contributed by atoms with Crippen LogP contribution in [0.5, 0.6) is 0 Å². The van der Waals surface area contributed by atoms with Gasteiger partial charge in [-0.05, 0) is 46.3 Å². The fourth-order valence-corrected chi connectivity index (χ4v) is 4.15. The van der Waals surface area contributed by atoms with Gasteiger partial charge in [0.2, 0.25) is 0 Å². The molecule has 0 amide bonds. The lowest BCUT2D eigenvalue weighted by molar-refractivity contribution is 0.594. The molecule has 4 nitrogen and oxygen atoms in total. The molecule has 1 aromatic heterocycles. The quantitative estimate of drug-likeness (QED) is 0.785. The van der Waals surface area contributed by atoms with E-state index in [0.29, 0.717) is 14.6 Å². The molecule has 2 rings (SSSR count). The third-order valence-electron chi connectivity index (χ3n) is 2.54. The minimum Gasteiger partial charge on any atom is -0.268 e. The van der Waals surface area contributed by atoms with Crippen molar-refractivity contribution in [3.63, 3.8) is 0 Å². The maximum atomic E-state index is 12.6. The molecule has 1 heterocycles. The maximum absolute atomic E-state index is 12.6. The molecular weight excluding hydrogens is 396 g/mol. The lowest BCUT2D eigenvalue weighted by Gasteiger charge is -2.19. The SMILES string of the molecule is CN(c1cccnc1)S(=O)(=O)c1cc(Br)ccc1Br. The highest BCUT2D eigenvalue weighted by molar-refractivity contribution is 9.11. The van der Waals surface area contributed by atoms with E-state index < -0.39 is 10.0 Å². The fourth-order valence-electron chi connectivity index (χ4n) is 1.50. The van der Waals surface area contributed by atoms with Gasteiger partial charge in [0, 0.05) is 22.2 Å². The van der Waals surface area contributed by atoms with Crippen molar-refractivity contribution in [3.05, 3.63) is 51.7 Å². The number of benzene rings is 1. The van der Waals surface area contributed by atoms with Crippen molar-refractivity contribution in [3.8, 4) is 0 Å². The van der Waals surface area contributed by atoms with Gasteiger partial charge in [0.15, 0.2) is 0 Å². The van der Waals surface area contributed by atoms with E-state index >= 15 is 0 Å². The summed E-state index contributed by atoms with van der Waals surface area (Å²) in [5.41, 5.74) is 0.509. The Morgan fingerprint density at radius 1 is 1.21 bits per heavy atom. The van der Waals surface area contributed by atoms with Crippen LogP contribution in [0.4, 0.5) is 5.69 Å². The van der Waals surface area contributed by atoms with E-state index in [0.717, 1.165) is 0 Å². The topological polar surface area (TPSA) is 50.3 Å². The molecule has 1 aromatic carbocycles.